The fourth-order valence-corrected chi connectivity index (χ4v) is 3.65. The van der Waals surface area contributed by atoms with Crippen molar-refractivity contribution in [3.63, 3.8) is 0 Å². The van der Waals surface area contributed by atoms with Crippen LogP contribution in [0.3, 0.4) is 0 Å². The van der Waals surface area contributed by atoms with E-state index in [0.717, 1.165) is 55.3 Å². The van der Waals surface area contributed by atoms with Gasteiger partial charge in [-0.1, -0.05) is 27.7 Å². The number of anilines is 1. The lowest BCUT2D eigenvalue weighted by Crippen LogP contribution is -2.52. The largest absolute Gasteiger partial charge is 0.443 e. The van der Waals surface area contributed by atoms with Crippen LogP contribution >= 0.6 is 35.5 Å². The van der Waals surface area contributed by atoms with E-state index in [1.165, 1.54) is 11.5 Å². The minimum Gasteiger partial charge on any atom is -0.443 e. The van der Waals surface area contributed by atoms with Crippen molar-refractivity contribution in [2.75, 3.05) is 38.1 Å². The summed E-state index contributed by atoms with van der Waals surface area (Å²) in [6, 6.07) is 0. The molecule has 1 fully saturated rings. The molecule has 0 amide bonds. The highest BCUT2D eigenvalue weighted by Gasteiger charge is 2.23. The van der Waals surface area contributed by atoms with Gasteiger partial charge >= 0.3 is 0 Å². The Hall–Kier alpha value is -1.43. The van der Waals surface area contributed by atoms with E-state index in [1.807, 2.05) is 13.2 Å². The normalized spacial score (nSPS) is 15.5. The Morgan fingerprint density at radius 1 is 1.29 bits per heavy atom. The van der Waals surface area contributed by atoms with Crippen LogP contribution in [0.25, 0.3) is 0 Å². The third-order valence-electron chi connectivity index (χ3n) is 4.53. The number of aryl methyl sites for hydroxylation is 1. The van der Waals surface area contributed by atoms with E-state index in [-0.39, 0.29) is 29.4 Å². The molecule has 0 aliphatic carbocycles. The van der Waals surface area contributed by atoms with Gasteiger partial charge in [-0.05, 0) is 0 Å². The van der Waals surface area contributed by atoms with Gasteiger partial charge in [0, 0.05) is 56.6 Å². The predicted octanol–water partition coefficient (Wildman–Crippen LogP) is 2.90. The molecular formula is C18H30IN7OS. The highest BCUT2D eigenvalue weighted by atomic mass is 127. The SMILES string of the molecule is CCc1nsc(N2CCN(C(=NC)NCc3ncc(C(C)(C)C)o3)CC2)n1.I. The molecule has 1 N–H and O–H groups in total. The molecule has 0 unspecified atom stereocenters. The van der Waals surface area contributed by atoms with Gasteiger partial charge in [0.25, 0.3) is 0 Å². The summed E-state index contributed by atoms with van der Waals surface area (Å²) >= 11 is 1.49. The Kier molecular flexibility index (Phi) is 8.05. The van der Waals surface area contributed by atoms with Crippen LogP contribution in [0.2, 0.25) is 0 Å². The van der Waals surface area contributed by atoms with Gasteiger partial charge in [-0.25, -0.2) is 9.97 Å². The average molecular weight is 519 g/mol. The second-order valence-corrected chi connectivity index (χ2v) is 8.32. The van der Waals surface area contributed by atoms with Crippen LogP contribution in [0.1, 0.15) is 45.2 Å². The molecule has 0 aromatic carbocycles. The number of aromatic nitrogens is 3. The van der Waals surface area contributed by atoms with Crippen molar-refractivity contribution in [1.82, 2.24) is 24.6 Å². The maximum absolute atomic E-state index is 5.85. The van der Waals surface area contributed by atoms with E-state index in [4.69, 9.17) is 4.42 Å². The Bertz CT molecular complexity index is 775. The monoisotopic (exact) mass is 519 g/mol. The lowest BCUT2D eigenvalue weighted by atomic mass is 9.94. The maximum Gasteiger partial charge on any atom is 0.213 e. The molecule has 0 radical (unpaired) electrons. The minimum atomic E-state index is -0.0361. The van der Waals surface area contributed by atoms with Crippen molar-refractivity contribution in [3.8, 4) is 0 Å². The molecule has 1 aliphatic heterocycles. The summed E-state index contributed by atoms with van der Waals surface area (Å²) in [4.78, 5) is 17.9. The van der Waals surface area contributed by atoms with Gasteiger partial charge < -0.3 is 19.5 Å². The molecule has 8 nitrogen and oxygen atoms in total. The second-order valence-electron chi connectivity index (χ2n) is 7.59. The molecule has 28 heavy (non-hydrogen) atoms. The number of piperazine rings is 1. The van der Waals surface area contributed by atoms with Gasteiger partial charge in [0.15, 0.2) is 5.96 Å². The highest BCUT2D eigenvalue weighted by molar-refractivity contribution is 14.0. The van der Waals surface area contributed by atoms with Crippen molar-refractivity contribution < 1.29 is 4.42 Å². The third-order valence-corrected chi connectivity index (χ3v) is 5.34. The van der Waals surface area contributed by atoms with Crippen LogP contribution in [0.15, 0.2) is 15.6 Å². The zero-order chi connectivity index (χ0) is 19.4. The summed E-state index contributed by atoms with van der Waals surface area (Å²) < 4.78 is 10.2. The number of halogens is 1. The molecule has 3 rings (SSSR count). The van der Waals surface area contributed by atoms with E-state index < -0.39 is 0 Å². The molecular weight excluding hydrogens is 489 g/mol. The molecule has 1 aliphatic rings. The highest BCUT2D eigenvalue weighted by Crippen LogP contribution is 2.22. The summed E-state index contributed by atoms with van der Waals surface area (Å²) in [6.07, 6.45) is 2.69. The van der Waals surface area contributed by atoms with E-state index in [9.17, 15) is 0 Å². The number of hydrogen-bond donors (Lipinski definition) is 1. The third kappa shape index (κ3) is 5.56. The molecule has 0 atom stereocenters. The van der Waals surface area contributed by atoms with Crippen LogP contribution < -0.4 is 10.2 Å². The fraction of sp³-hybridized carbons (Fsp3) is 0.667. The van der Waals surface area contributed by atoms with Gasteiger partial charge in [-0.2, -0.15) is 4.37 Å². The van der Waals surface area contributed by atoms with Crippen molar-refractivity contribution >= 4 is 46.6 Å². The first-order chi connectivity index (χ1) is 12.9. The van der Waals surface area contributed by atoms with Crippen LogP contribution in [-0.4, -0.2) is 58.4 Å². The zero-order valence-electron chi connectivity index (χ0n) is 17.2. The molecule has 2 aromatic rings. The van der Waals surface area contributed by atoms with Crippen molar-refractivity contribution in [1.29, 1.82) is 0 Å². The first-order valence-electron chi connectivity index (χ1n) is 9.39. The Morgan fingerprint density at radius 3 is 2.54 bits per heavy atom. The van der Waals surface area contributed by atoms with Gasteiger partial charge in [-0.15, -0.1) is 24.0 Å². The topological polar surface area (TPSA) is 82.7 Å². The first-order valence-corrected chi connectivity index (χ1v) is 10.2. The Morgan fingerprint density at radius 2 is 2.00 bits per heavy atom. The fourth-order valence-electron chi connectivity index (χ4n) is 2.85. The second kappa shape index (κ2) is 9.86. The van der Waals surface area contributed by atoms with Crippen LogP contribution in [0.4, 0.5) is 5.13 Å². The molecule has 156 valence electrons. The van der Waals surface area contributed by atoms with Gasteiger partial charge in [-0.3, -0.25) is 4.99 Å². The van der Waals surface area contributed by atoms with Crippen molar-refractivity contribution in [2.24, 2.45) is 4.99 Å². The van der Waals surface area contributed by atoms with E-state index >= 15 is 0 Å². The van der Waals surface area contributed by atoms with Gasteiger partial charge in [0.2, 0.25) is 11.0 Å². The zero-order valence-corrected chi connectivity index (χ0v) is 20.4. The summed E-state index contributed by atoms with van der Waals surface area (Å²) in [5, 5.41) is 4.38. The smallest absolute Gasteiger partial charge is 0.213 e. The number of nitrogens with one attached hydrogen (secondary N) is 1. The average Bonchev–Trinajstić information content (AvgIpc) is 3.32. The first kappa shape index (κ1) is 22.9. The van der Waals surface area contributed by atoms with Crippen molar-refractivity contribution in [3.05, 3.63) is 23.7 Å². The van der Waals surface area contributed by atoms with Crippen LogP contribution in [-0.2, 0) is 18.4 Å². The molecule has 0 spiro atoms. The van der Waals surface area contributed by atoms with Gasteiger partial charge in [0.1, 0.15) is 11.6 Å². The summed E-state index contributed by atoms with van der Waals surface area (Å²) in [5.41, 5.74) is -0.0361. The maximum atomic E-state index is 5.85. The summed E-state index contributed by atoms with van der Waals surface area (Å²) in [5.74, 6) is 3.37. The van der Waals surface area contributed by atoms with Crippen LogP contribution in [0, 0.1) is 0 Å². The summed E-state index contributed by atoms with van der Waals surface area (Å²) in [6.45, 7) is 12.5. The van der Waals surface area contributed by atoms with Crippen LogP contribution in [0.5, 0.6) is 0 Å². The number of rotatable bonds is 4. The standard InChI is InChI=1S/C18H29N7OS.HI/c1-6-14-22-17(27-23-14)25-9-7-24(8-10-25)16(19-5)21-12-15-20-11-13(26-15)18(2,3)4;/h11H,6-10,12H2,1-5H3,(H,19,21);1H. The Balaban J connectivity index is 0.00000280. The lowest BCUT2D eigenvalue weighted by Gasteiger charge is -2.36. The molecule has 10 heteroatoms. The summed E-state index contributed by atoms with van der Waals surface area (Å²) in [7, 11) is 1.81. The predicted molar refractivity (Wildman–Crippen MR) is 124 cm³/mol. The van der Waals surface area contributed by atoms with E-state index in [1.54, 1.807) is 0 Å². The number of aliphatic imine (C=N–C) groups is 1. The number of hydrogen-bond acceptors (Lipinski definition) is 7. The number of nitrogens with zero attached hydrogens (tertiary/aromatic N) is 6. The van der Waals surface area contributed by atoms with E-state index in [2.05, 4.69) is 62.1 Å². The molecule has 0 bridgehead atoms. The minimum absolute atomic E-state index is 0. The Labute approximate surface area is 188 Å². The quantitative estimate of drug-likeness (QED) is 0.378. The molecule has 1 saturated heterocycles. The molecule has 2 aromatic heterocycles. The van der Waals surface area contributed by atoms with Gasteiger partial charge in [0.05, 0.1) is 12.7 Å². The van der Waals surface area contributed by atoms with E-state index in [0.29, 0.717) is 12.4 Å². The van der Waals surface area contributed by atoms with Crippen molar-refractivity contribution in [2.45, 2.75) is 46.1 Å². The lowest BCUT2D eigenvalue weighted by molar-refractivity contribution is 0.359. The molecule has 3 heterocycles. The molecule has 0 saturated carbocycles. The number of oxazole rings is 1. The number of guanidine groups is 1.